The van der Waals surface area contributed by atoms with Crippen LogP contribution in [0.3, 0.4) is 0 Å². The van der Waals surface area contributed by atoms with Crippen LogP contribution < -0.4 is 15.4 Å². The maximum atomic E-state index is 13.4. The van der Waals surface area contributed by atoms with Crippen LogP contribution in [0.2, 0.25) is 0 Å². The maximum Gasteiger partial charge on any atom is 0.319 e. The van der Waals surface area contributed by atoms with Gasteiger partial charge in [0.25, 0.3) is 0 Å². The second-order valence-corrected chi connectivity index (χ2v) is 5.05. The van der Waals surface area contributed by atoms with Gasteiger partial charge in [-0.25, -0.2) is 9.18 Å². The molecule has 2 aromatic rings. The molecule has 0 saturated heterocycles. The Morgan fingerprint density at radius 3 is 2.65 bits per heavy atom. The summed E-state index contributed by atoms with van der Waals surface area (Å²) < 4.78 is 18.3. The van der Waals surface area contributed by atoms with Gasteiger partial charge in [-0.1, -0.05) is 30.3 Å². The minimum atomic E-state index is -0.521. The zero-order valence-electron chi connectivity index (χ0n) is 12.8. The fourth-order valence-corrected chi connectivity index (χ4v) is 2.17. The summed E-state index contributed by atoms with van der Waals surface area (Å²) in [4.78, 5) is 12.0. The number of amides is 2. The minimum absolute atomic E-state index is 0.200. The summed E-state index contributed by atoms with van der Waals surface area (Å²) in [7, 11) is 1.42. The van der Waals surface area contributed by atoms with Crippen molar-refractivity contribution in [3.63, 3.8) is 0 Å². The molecule has 0 heterocycles. The van der Waals surface area contributed by atoms with Gasteiger partial charge < -0.3 is 20.5 Å². The van der Waals surface area contributed by atoms with E-state index < -0.39 is 17.9 Å². The lowest BCUT2D eigenvalue weighted by atomic mass is 10.1. The van der Waals surface area contributed by atoms with E-state index in [0.29, 0.717) is 12.2 Å². The van der Waals surface area contributed by atoms with E-state index in [9.17, 15) is 14.3 Å². The van der Waals surface area contributed by atoms with Crippen molar-refractivity contribution >= 4 is 11.7 Å². The SMILES string of the molecule is COc1cc(F)cc(NC(=O)N[C@@H](CO)Cc2ccccc2)c1. The summed E-state index contributed by atoms with van der Waals surface area (Å²) in [5.74, 6) is -0.203. The Morgan fingerprint density at radius 1 is 1.26 bits per heavy atom. The number of ether oxygens (including phenoxy) is 1. The normalized spacial score (nSPS) is 11.6. The topological polar surface area (TPSA) is 70.6 Å². The number of hydrogen-bond acceptors (Lipinski definition) is 3. The van der Waals surface area contributed by atoms with Crippen molar-refractivity contribution in [2.24, 2.45) is 0 Å². The average molecular weight is 318 g/mol. The standard InChI is InChI=1S/C17H19FN2O3/c1-23-16-9-13(18)8-14(10-16)19-17(22)20-15(11-21)7-12-5-3-2-4-6-12/h2-6,8-10,15,21H,7,11H2,1H3,(H2,19,20,22)/t15-/m1/s1. The summed E-state index contributed by atoms with van der Waals surface area (Å²) in [6, 6.07) is 12.5. The summed E-state index contributed by atoms with van der Waals surface area (Å²) in [5, 5.41) is 14.6. The highest BCUT2D eigenvalue weighted by Crippen LogP contribution is 2.19. The second-order valence-electron chi connectivity index (χ2n) is 5.05. The molecule has 0 radical (unpaired) electrons. The quantitative estimate of drug-likeness (QED) is 0.766. The number of anilines is 1. The molecule has 0 saturated carbocycles. The van der Waals surface area contributed by atoms with E-state index in [0.717, 1.165) is 5.56 Å². The first-order valence-electron chi connectivity index (χ1n) is 7.17. The Labute approximate surface area is 134 Å². The third-order valence-electron chi connectivity index (χ3n) is 3.25. The molecule has 6 heteroatoms. The highest BCUT2D eigenvalue weighted by molar-refractivity contribution is 5.89. The Morgan fingerprint density at radius 2 is 2.00 bits per heavy atom. The van der Waals surface area contributed by atoms with Gasteiger partial charge >= 0.3 is 6.03 Å². The molecule has 0 aliphatic carbocycles. The van der Waals surface area contributed by atoms with Crippen LogP contribution >= 0.6 is 0 Å². The number of hydrogen-bond donors (Lipinski definition) is 3. The molecule has 2 amide bonds. The molecule has 3 N–H and O–H groups in total. The van der Waals surface area contributed by atoms with Gasteiger partial charge in [-0.15, -0.1) is 0 Å². The van der Waals surface area contributed by atoms with Gasteiger partial charge in [0, 0.05) is 17.8 Å². The zero-order valence-corrected chi connectivity index (χ0v) is 12.8. The van der Waals surface area contributed by atoms with Gasteiger partial charge in [0.2, 0.25) is 0 Å². The second kappa shape index (κ2) is 8.14. The van der Waals surface area contributed by atoms with Crippen molar-refractivity contribution in [1.29, 1.82) is 0 Å². The molecule has 5 nitrogen and oxygen atoms in total. The number of halogens is 1. The van der Waals surface area contributed by atoms with Crippen molar-refractivity contribution in [2.45, 2.75) is 12.5 Å². The molecule has 0 aromatic heterocycles. The first-order valence-corrected chi connectivity index (χ1v) is 7.17. The van der Waals surface area contributed by atoms with E-state index in [1.807, 2.05) is 30.3 Å². The summed E-state index contributed by atoms with van der Waals surface area (Å²) in [5.41, 5.74) is 1.27. The molecule has 122 valence electrons. The van der Waals surface area contributed by atoms with Crippen LogP contribution in [-0.2, 0) is 6.42 Å². The molecular formula is C17H19FN2O3. The molecule has 2 rings (SSSR count). The van der Waals surface area contributed by atoms with E-state index in [1.165, 1.54) is 25.3 Å². The van der Waals surface area contributed by atoms with Crippen LogP contribution in [0.5, 0.6) is 5.75 Å². The lowest BCUT2D eigenvalue weighted by molar-refractivity contribution is 0.224. The highest BCUT2D eigenvalue weighted by atomic mass is 19.1. The van der Waals surface area contributed by atoms with E-state index in [1.54, 1.807) is 0 Å². The van der Waals surface area contributed by atoms with Gasteiger partial charge in [0.15, 0.2) is 0 Å². The lowest BCUT2D eigenvalue weighted by Crippen LogP contribution is -2.41. The average Bonchev–Trinajstić information content (AvgIpc) is 2.54. The highest BCUT2D eigenvalue weighted by Gasteiger charge is 2.13. The number of benzene rings is 2. The molecule has 23 heavy (non-hydrogen) atoms. The smallest absolute Gasteiger partial charge is 0.319 e. The summed E-state index contributed by atoms with van der Waals surface area (Å²) in [6.45, 7) is -0.200. The number of carbonyl (C=O) groups is 1. The Kier molecular flexibility index (Phi) is 5.94. The maximum absolute atomic E-state index is 13.4. The monoisotopic (exact) mass is 318 g/mol. The summed E-state index contributed by atoms with van der Waals surface area (Å²) in [6.07, 6.45) is 0.497. The van der Waals surface area contributed by atoms with Crippen LogP contribution in [0.4, 0.5) is 14.9 Å². The molecule has 0 bridgehead atoms. The molecule has 0 spiro atoms. The predicted molar refractivity (Wildman–Crippen MR) is 86.1 cm³/mol. The molecule has 0 fully saturated rings. The van der Waals surface area contributed by atoms with Crippen LogP contribution in [0.1, 0.15) is 5.56 Å². The predicted octanol–water partition coefficient (Wildman–Crippen LogP) is 2.56. The van der Waals surface area contributed by atoms with Gasteiger partial charge in [0.1, 0.15) is 11.6 Å². The van der Waals surface area contributed by atoms with E-state index in [-0.39, 0.29) is 12.3 Å². The number of aliphatic hydroxyl groups is 1. The third kappa shape index (κ3) is 5.27. The van der Waals surface area contributed by atoms with Crippen LogP contribution in [-0.4, -0.2) is 30.9 Å². The largest absolute Gasteiger partial charge is 0.497 e. The van der Waals surface area contributed by atoms with Crippen molar-refractivity contribution in [2.75, 3.05) is 19.0 Å². The van der Waals surface area contributed by atoms with Crippen molar-refractivity contribution in [3.8, 4) is 5.75 Å². The first-order chi connectivity index (χ1) is 11.1. The minimum Gasteiger partial charge on any atom is -0.497 e. The Bertz CT molecular complexity index is 650. The number of aliphatic hydroxyl groups excluding tert-OH is 1. The van der Waals surface area contributed by atoms with Crippen molar-refractivity contribution < 1.29 is 19.0 Å². The Hall–Kier alpha value is -2.60. The van der Waals surface area contributed by atoms with Crippen molar-refractivity contribution in [1.82, 2.24) is 5.32 Å². The van der Waals surface area contributed by atoms with Gasteiger partial charge in [0.05, 0.1) is 19.8 Å². The van der Waals surface area contributed by atoms with E-state index >= 15 is 0 Å². The van der Waals surface area contributed by atoms with Gasteiger partial charge in [-0.2, -0.15) is 0 Å². The van der Waals surface area contributed by atoms with Crippen LogP contribution in [0.15, 0.2) is 48.5 Å². The first kappa shape index (κ1) is 16.8. The van der Waals surface area contributed by atoms with Gasteiger partial charge in [-0.05, 0) is 18.1 Å². The zero-order chi connectivity index (χ0) is 16.7. The van der Waals surface area contributed by atoms with Gasteiger partial charge in [-0.3, -0.25) is 0 Å². The molecule has 0 aliphatic heterocycles. The lowest BCUT2D eigenvalue weighted by Gasteiger charge is -2.17. The Balaban J connectivity index is 1.96. The molecule has 2 aromatic carbocycles. The van der Waals surface area contributed by atoms with E-state index in [4.69, 9.17) is 4.74 Å². The number of nitrogens with one attached hydrogen (secondary N) is 2. The molecule has 0 unspecified atom stereocenters. The number of carbonyl (C=O) groups excluding carboxylic acids is 1. The fraction of sp³-hybridized carbons (Fsp3) is 0.235. The number of methoxy groups -OCH3 is 1. The molecule has 1 atom stereocenters. The molecule has 0 aliphatic rings. The molecular weight excluding hydrogens is 299 g/mol. The fourth-order valence-electron chi connectivity index (χ4n) is 2.17. The van der Waals surface area contributed by atoms with Crippen LogP contribution in [0, 0.1) is 5.82 Å². The third-order valence-corrected chi connectivity index (χ3v) is 3.25. The number of rotatable bonds is 6. The number of urea groups is 1. The van der Waals surface area contributed by atoms with Crippen LogP contribution in [0.25, 0.3) is 0 Å². The van der Waals surface area contributed by atoms with Crippen molar-refractivity contribution in [3.05, 3.63) is 59.9 Å². The summed E-state index contributed by atoms with van der Waals surface area (Å²) >= 11 is 0. The van der Waals surface area contributed by atoms with E-state index in [2.05, 4.69) is 10.6 Å².